The molecule has 100 valence electrons. The van der Waals surface area contributed by atoms with Crippen molar-refractivity contribution < 1.29 is 4.79 Å². The Balaban J connectivity index is 2.05. The number of amides is 1. The summed E-state index contributed by atoms with van der Waals surface area (Å²) in [6, 6.07) is 17.6. The Morgan fingerprint density at radius 1 is 1.10 bits per heavy atom. The summed E-state index contributed by atoms with van der Waals surface area (Å²) in [5.41, 5.74) is 2.66. The molecule has 2 aromatic rings. The molecule has 1 unspecified atom stereocenters. The van der Waals surface area contributed by atoms with Crippen molar-refractivity contribution >= 4 is 11.6 Å². The number of carbonyl (C=O) groups is 1. The highest BCUT2D eigenvalue weighted by Gasteiger charge is 2.31. The van der Waals surface area contributed by atoms with Crippen molar-refractivity contribution in [3.8, 4) is 0 Å². The largest absolute Gasteiger partial charge is 0.361 e. The summed E-state index contributed by atoms with van der Waals surface area (Å²) >= 11 is 0. The fourth-order valence-electron chi connectivity index (χ4n) is 2.52. The molecule has 3 nitrogen and oxygen atoms in total. The van der Waals surface area contributed by atoms with E-state index in [0.29, 0.717) is 12.1 Å². The average molecular weight is 264 g/mol. The molecule has 0 aliphatic carbocycles. The molecular weight excluding hydrogens is 248 g/mol. The van der Waals surface area contributed by atoms with Crippen molar-refractivity contribution in [3.63, 3.8) is 0 Å². The second-order valence-electron chi connectivity index (χ2n) is 4.75. The minimum Gasteiger partial charge on any atom is -0.361 e. The number of para-hydroxylation sites is 1. The monoisotopic (exact) mass is 264 g/mol. The van der Waals surface area contributed by atoms with Gasteiger partial charge in [-0.1, -0.05) is 48.5 Å². The second kappa shape index (κ2) is 5.21. The van der Waals surface area contributed by atoms with Crippen LogP contribution in [0.25, 0.3) is 0 Å². The highest BCUT2D eigenvalue weighted by atomic mass is 16.2. The van der Waals surface area contributed by atoms with E-state index in [1.807, 2.05) is 54.6 Å². The molecule has 1 aliphatic heterocycles. The number of anilines is 1. The van der Waals surface area contributed by atoms with Crippen LogP contribution in [0.4, 0.5) is 5.69 Å². The summed E-state index contributed by atoms with van der Waals surface area (Å²) in [5.74, 6) is 0.0353. The van der Waals surface area contributed by atoms with Gasteiger partial charge in [0, 0.05) is 12.2 Å². The SMILES string of the molecule is C=CCN1C(=O)c2ccccc2NC1c1ccccc1. The maximum Gasteiger partial charge on any atom is 0.258 e. The van der Waals surface area contributed by atoms with Crippen LogP contribution < -0.4 is 5.32 Å². The van der Waals surface area contributed by atoms with Crippen molar-refractivity contribution in [1.82, 2.24) is 4.90 Å². The minimum absolute atomic E-state index is 0.0353. The molecule has 0 saturated heterocycles. The third-order valence-electron chi connectivity index (χ3n) is 3.46. The molecule has 3 heteroatoms. The Kier molecular flexibility index (Phi) is 3.25. The zero-order valence-electron chi connectivity index (χ0n) is 11.1. The van der Waals surface area contributed by atoms with Crippen molar-refractivity contribution in [3.05, 3.63) is 78.4 Å². The lowest BCUT2D eigenvalue weighted by Crippen LogP contribution is -2.42. The minimum atomic E-state index is -0.156. The lowest BCUT2D eigenvalue weighted by atomic mass is 10.0. The Hall–Kier alpha value is -2.55. The van der Waals surface area contributed by atoms with E-state index in [4.69, 9.17) is 0 Å². The Bertz CT molecular complexity index is 636. The van der Waals surface area contributed by atoms with Crippen LogP contribution in [-0.4, -0.2) is 17.4 Å². The van der Waals surface area contributed by atoms with E-state index in [1.165, 1.54) is 0 Å². The summed E-state index contributed by atoms with van der Waals surface area (Å²) in [6.45, 7) is 4.27. The van der Waals surface area contributed by atoms with Gasteiger partial charge in [-0.05, 0) is 17.7 Å². The highest BCUT2D eigenvalue weighted by Crippen LogP contribution is 2.32. The van der Waals surface area contributed by atoms with Crippen LogP contribution in [-0.2, 0) is 0 Å². The average Bonchev–Trinajstić information content (AvgIpc) is 2.51. The van der Waals surface area contributed by atoms with Crippen LogP contribution in [0.1, 0.15) is 22.1 Å². The molecule has 3 rings (SSSR count). The molecule has 1 heterocycles. The van der Waals surface area contributed by atoms with Crippen LogP contribution in [0, 0.1) is 0 Å². The molecule has 1 atom stereocenters. The van der Waals surface area contributed by atoms with E-state index in [2.05, 4.69) is 11.9 Å². The number of nitrogens with zero attached hydrogens (tertiary/aromatic N) is 1. The molecule has 1 aliphatic rings. The van der Waals surface area contributed by atoms with Crippen LogP contribution in [0.3, 0.4) is 0 Å². The molecule has 0 bridgehead atoms. The smallest absolute Gasteiger partial charge is 0.258 e. The van der Waals surface area contributed by atoms with E-state index < -0.39 is 0 Å². The quantitative estimate of drug-likeness (QED) is 0.861. The molecule has 0 saturated carbocycles. The first-order valence-corrected chi connectivity index (χ1v) is 6.63. The third-order valence-corrected chi connectivity index (χ3v) is 3.46. The van der Waals surface area contributed by atoms with Gasteiger partial charge in [-0.2, -0.15) is 0 Å². The summed E-state index contributed by atoms with van der Waals surface area (Å²) in [6.07, 6.45) is 1.60. The summed E-state index contributed by atoms with van der Waals surface area (Å²) < 4.78 is 0. The molecule has 2 aromatic carbocycles. The van der Waals surface area contributed by atoms with Gasteiger partial charge in [0.25, 0.3) is 5.91 Å². The van der Waals surface area contributed by atoms with E-state index in [0.717, 1.165) is 11.3 Å². The summed E-state index contributed by atoms with van der Waals surface area (Å²) in [4.78, 5) is 14.4. The zero-order valence-corrected chi connectivity index (χ0v) is 11.1. The van der Waals surface area contributed by atoms with Gasteiger partial charge in [0.2, 0.25) is 0 Å². The number of fused-ring (bicyclic) bond motifs is 1. The van der Waals surface area contributed by atoms with Gasteiger partial charge >= 0.3 is 0 Å². The van der Waals surface area contributed by atoms with E-state index in [-0.39, 0.29) is 12.1 Å². The van der Waals surface area contributed by atoms with Gasteiger partial charge in [0.1, 0.15) is 6.17 Å². The molecule has 0 aromatic heterocycles. The number of benzene rings is 2. The van der Waals surface area contributed by atoms with Crippen LogP contribution in [0.2, 0.25) is 0 Å². The standard InChI is InChI=1S/C17H16N2O/c1-2-12-19-16(13-8-4-3-5-9-13)18-15-11-7-6-10-14(15)17(19)20/h2-11,16,18H,1,12H2. The number of nitrogens with one attached hydrogen (secondary N) is 1. The van der Waals surface area contributed by atoms with E-state index in [1.54, 1.807) is 11.0 Å². The number of rotatable bonds is 3. The first-order chi connectivity index (χ1) is 9.81. The highest BCUT2D eigenvalue weighted by molar-refractivity contribution is 6.01. The predicted molar refractivity (Wildman–Crippen MR) is 80.5 cm³/mol. The summed E-state index contributed by atoms with van der Waals surface area (Å²) in [7, 11) is 0. The molecule has 20 heavy (non-hydrogen) atoms. The fraction of sp³-hybridized carbons (Fsp3) is 0.118. The number of hydrogen-bond acceptors (Lipinski definition) is 2. The first-order valence-electron chi connectivity index (χ1n) is 6.63. The van der Waals surface area contributed by atoms with Crippen molar-refractivity contribution in [2.45, 2.75) is 6.17 Å². The zero-order chi connectivity index (χ0) is 13.9. The van der Waals surface area contributed by atoms with Gasteiger partial charge < -0.3 is 10.2 Å². The molecular formula is C17H16N2O. The molecule has 0 spiro atoms. The number of carbonyl (C=O) groups excluding carboxylic acids is 1. The topological polar surface area (TPSA) is 32.3 Å². The predicted octanol–water partition coefficient (Wildman–Crippen LogP) is 3.44. The molecule has 1 amide bonds. The van der Waals surface area contributed by atoms with Crippen LogP contribution in [0.15, 0.2) is 67.3 Å². The first kappa shape index (κ1) is 12.5. The third kappa shape index (κ3) is 2.07. The van der Waals surface area contributed by atoms with E-state index in [9.17, 15) is 4.79 Å². The van der Waals surface area contributed by atoms with Crippen LogP contribution >= 0.6 is 0 Å². The lowest BCUT2D eigenvalue weighted by molar-refractivity contribution is 0.0707. The normalized spacial score (nSPS) is 17.3. The van der Waals surface area contributed by atoms with E-state index >= 15 is 0 Å². The van der Waals surface area contributed by atoms with Crippen molar-refractivity contribution in [1.29, 1.82) is 0 Å². The van der Waals surface area contributed by atoms with Gasteiger partial charge in [-0.15, -0.1) is 6.58 Å². The van der Waals surface area contributed by atoms with Gasteiger partial charge in [-0.3, -0.25) is 4.79 Å². The second-order valence-corrected chi connectivity index (χ2v) is 4.75. The van der Waals surface area contributed by atoms with Crippen molar-refractivity contribution in [2.75, 3.05) is 11.9 Å². The van der Waals surface area contributed by atoms with Gasteiger partial charge in [-0.25, -0.2) is 0 Å². The number of hydrogen-bond donors (Lipinski definition) is 1. The van der Waals surface area contributed by atoms with Gasteiger partial charge in [0.15, 0.2) is 0 Å². The van der Waals surface area contributed by atoms with Crippen LogP contribution in [0.5, 0.6) is 0 Å². The van der Waals surface area contributed by atoms with Gasteiger partial charge in [0.05, 0.1) is 5.56 Å². The molecule has 1 N–H and O–H groups in total. The van der Waals surface area contributed by atoms with Crippen molar-refractivity contribution in [2.24, 2.45) is 0 Å². The maximum atomic E-state index is 12.6. The summed E-state index contributed by atoms with van der Waals surface area (Å²) in [5, 5.41) is 3.44. The maximum absolute atomic E-state index is 12.6. The molecule has 0 fully saturated rings. The Morgan fingerprint density at radius 3 is 2.55 bits per heavy atom. The molecule has 0 radical (unpaired) electrons. The lowest BCUT2D eigenvalue weighted by Gasteiger charge is -2.37. The fourth-order valence-corrected chi connectivity index (χ4v) is 2.52. The Labute approximate surface area is 118 Å². The Morgan fingerprint density at radius 2 is 1.80 bits per heavy atom.